The zero-order chi connectivity index (χ0) is 23.4. The molecule has 0 aromatic heterocycles. The molecule has 2 aliphatic rings. The maximum atomic E-state index is 13.4. The van der Waals surface area contributed by atoms with Crippen LogP contribution < -0.4 is 5.32 Å². The fourth-order valence-corrected chi connectivity index (χ4v) is 4.55. The van der Waals surface area contributed by atoms with Crippen molar-refractivity contribution in [2.45, 2.75) is 69.7 Å². The molecule has 4 rings (SSSR count). The first-order chi connectivity index (χ1) is 15.8. The Morgan fingerprint density at radius 1 is 1.09 bits per heavy atom. The first-order valence-electron chi connectivity index (χ1n) is 11.5. The summed E-state index contributed by atoms with van der Waals surface area (Å²) in [5, 5.41) is 24.9. The summed E-state index contributed by atoms with van der Waals surface area (Å²) < 4.78 is 12.3. The molecule has 6 nitrogen and oxygen atoms in total. The van der Waals surface area contributed by atoms with Gasteiger partial charge >= 0.3 is 0 Å². The third-order valence-electron chi connectivity index (χ3n) is 6.46. The molecule has 0 saturated heterocycles. The molecule has 178 valence electrons. The molecule has 33 heavy (non-hydrogen) atoms. The van der Waals surface area contributed by atoms with Crippen LogP contribution in [0.25, 0.3) is 0 Å². The molecule has 0 heterocycles. The highest BCUT2D eigenvalue weighted by Crippen LogP contribution is 2.36. The predicted molar refractivity (Wildman–Crippen MR) is 126 cm³/mol. The fourth-order valence-electron chi connectivity index (χ4n) is 4.34. The van der Waals surface area contributed by atoms with E-state index in [9.17, 15) is 15.0 Å². The Labute approximate surface area is 199 Å². The second-order valence-electron chi connectivity index (χ2n) is 9.37. The van der Waals surface area contributed by atoms with E-state index in [4.69, 9.17) is 21.1 Å². The average Bonchev–Trinajstić information content (AvgIpc) is 3.62. The number of hydrogen-bond acceptors (Lipinski definition) is 5. The lowest BCUT2D eigenvalue weighted by atomic mass is 9.78. The van der Waals surface area contributed by atoms with Gasteiger partial charge in [-0.25, -0.2) is 0 Å². The minimum absolute atomic E-state index is 0.00745. The summed E-state index contributed by atoms with van der Waals surface area (Å²) in [5.74, 6) is 0.251. The SMILES string of the molecule is Cc1cccc(CO[C@]2(C(=O)NCC3CC3)CC(OCc3cccc(Cl)c3)[C@H](O)[C@H](O)C2)c1. The highest BCUT2D eigenvalue weighted by Gasteiger charge is 2.51. The van der Waals surface area contributed by atoms with Gasteiger partial charge in [-0.15, -0.1) is 0 Å². The molecule has 0 aliphatic heterocycles. The highest BCUT2D eigenvalue weighted by molar-refractivity contribution is 6.30. The second kappa shape index (κ2) is 10.5. The Bertz CT molecular complexity index is 965. The molecule has 7 heteroatoms. The molecular formula is C26H32ClNO5. The first-order valence-corrected chi connectivity index (χ1v) is 11.9. The van der Waals surface area contributed by atoms with E-state index in [1.54, 1.807) is 12.1 Å². The van der Waals surface area contributed by atoms with Gasteiger partial charge in [0.15, 0.2) is 5.60 Å². The maximum Gasteiger partial charge on any atom is 0.252 e. The van der Waals surface area contributed by atoms with Gasteiger partial charge in [-0.2, -0.15) is 0 Å². The van der Waals surface area contributed by atoms with E-state index in [1.807, 2.05) is 43.3 Å². The van der Waals surface area contributed by atoms with Crippen LogP contribution >= 0.6 is 11.6 Å². The van der Waals surface area contributed by atoms with Gasteiger partial charge in [0.1, 0.15) is 6.10 Å². The number of carbonyl (C=O) groups is 1. The van der Waals surface area contributed by atoms with Crippen molar-refractivity contribution >= 4 is 17.5 Å². The third kappa shape index (κ3) is 6.34. The van der Waals surface area contributed by atoms with Gasteiger partial charge in [-0.1, -0.05) is 53.6 Å². The van der Waals surface area contributed by atoms with Crippen LogP contribution in [0.5, 0.6) is 0 Å². The molecule has 1 unspecified atom stereocenters. The van der Waals surface area contributed by atoms with Crippen molar-refractivity contribution in [3.63, 3.8) is 0 Å². The number of aliphatic hydroxyl groups excluding tert-OH is 2. The van der Waals surface area contributed by atoms with Crippen LogP contribution in [0.4, 0.5) is 0 Å². The van der Waals surface area contributed by atoms with E-state index in [1.165, 1.54) is 0 Å². The fraction of sp³-hybridized carbons (Fsp3) is 0.500. The number of halogens is 1. The van der Waals surface area contributed by atoms with Crippen molar-refractivity contribution in [1.29, 1.82) is 0 Å². The quantitative estimate of drug-likeness (QED) is 0.518. The third-order valence-corrected chi connectivity index (χ3v) is 6.69. The van der Waals surface area contributed by atoms with Gasteiger partial charge in [-0.05, 0) is 48.9 Å². The molecule has 2 fully saturated rings. The zero-order valence-electron chi connectivity index (χ0n) is 18.9. The van der Waals surface area contributed by atoms with Gasteiger partial charge < -0.3 is 25.0 Å². The van der Waals surface area contributed by atoms with Crippen molar-refractivity contribution in [1.82, 2.24) is 5.32 Å². The van der Waals surface area contributed by atoms with E-state index in [0.717, 1.165) is 29.5 Å². The summed E-state index contributed by atoms with van der Waals surface area (Å²) in [6.45, 7) is 3.03. The number of hydrogen-bond donors (Lipinski definition) is 3. The Morgan fingerprint density at radius 3 is 2.52 bits per heavy atom. The lowest BCUT2D eigenvalue weighted by Gasteiger charge is -2.44. The molecule has 2 aromatic carbocycles. The number of rotatable bonds is 9. The van der Waals surface area contributed by atoms with Gasteiger partial charge in [-0.3, -0.25) is 4.79 Å². The number of ether oxygens (including phenoxy) is 2. The molecule has 0 bridgehead atoms. The topological polar surface area (TPSA) is 88.0 Å². The van der Waals surface area contributed by atoms with Gasteiger partial charge in [0.25, 0.3) is 5.91 Å². The van der Waals surface area contributed by atoms with Crippen molar-refractivity contribution in [3.05, 3.63) is 70.2 Å². The molecular weight excluding hydrogens is 442 g/mol. The summed E-state index contributed by atoms with van der Waals surface area (Å²) in [7, 11) is 0. The first kappa shape index (κ1) is 24.2. The van der Waals surface area contributed by atoms with Crippen molar-refractivity contribution < 1.29 is 24.5 Å². The lowest BCUT2D eigenvalue weighted by molar-refractivity contribution is -0.200. The van der Waals surface area contributed by atoms with E-state index in [-0.39, 0.29) is 32.0 Å². The zero-order valence-corrected chi connectivity index (χ0v) is 19.6. The molecule has 0 spiro atoms. The summed E-state index contributed by atoms with van der Waals surface area (Å²) in [5.41, 5.74) is 1.60. The smallest absolute Gasteiger partial charge is 0.252 e. The van der Waals surface area contributed by atoms with Crippen LogP contribution in [0.1, 0.15) is 42.4 Å². The second-order valence-corrected chi connectivity index (χ2v) is 9.81. The maximum absolute atomic E-state index is 13.4. The van der Waals surface area contributed by atoms with Crippen LogP contribution in [-0.4, -0.2) is 46.6 Å². The van der Waals surface area contributed by atoms with Crippen molar-refractivity contribution in [2.24, 2.45) is 5.92 Å². The Kier molecular flexibility index (Phi) is 7.72. The normalized spacial score (nSPS) is 27.3. The van der Waals surface area contributed by atoms with Gasteiger partial charge in [0.2, 0.25) is 0 Å². The number of nitrogens with one attached hydrogen (secondary N) is 1. The van der Waals surface area contributed by atoms with Gasteiger partial charge in [0, 0.05) is 24.4 Å². The van der Waals surface area contributed by atoms with E-state index < -0.39 is 23.9 Å². The van der Waals surface area contributed by atoms with Crippen LogP contribution in [0, 0.1) is 12.8 Å². The van der Waals surface area contributed by atoms with Gasteiger partial charge in [0.05, 0.1) is 25.4 Å². The lowest BCUT2D eigenvalue weighted by Crippen LogP contribution is -2.60. The minimum Gasteiger partial charge on any atom is -0.390 e. The summed E-state index contributed by atoms with van der Waals surface area (Å²) >= 11 is 6.06. The number of benzene rings is 2. The number of carbonyl (C=O) groups excluding carboxylic acids is 1. The largest absolute Gasteiger partial charge is 0.390 e. The number of aliphatic hydroxyl groups is 2. The van der Waals surface area contributed by atoms with Crippen LogP contribution in [0.2, 0.25) is 5.02 Å². The van der Waals surface area contributed by atoms with Crippen LogP contribution in [0.3, 0.4) is 0 Å². The average molecular weight is 474 g/mol. The monoisotopic (exact) mass is 473 g/mol. The Morgan fingerprint density at radius 2 is 1.82 bits per heavy atom. The Hall–Kier alpha value is -1.96. The molecule has 2 aliphatic carbocycles. The molecule has 0 radical (unpaired) electrons. The summed E-state index contributed by atoms with van der Waals surface area (Å²) in [4.78, 5) is 13.4. The van der Waals surface area contributed by atoms with Crippen molar-refractivity contribution in [3.8, 4) is 0 Å². The number of amides is 1. The Balaban J connectivity index is 1.51. The number of aryl methyl sites for hydroxylation is 1. The van der Waals surface area contributed by atoms with E-state index >= 15 is 0 Å². The van der Waals surface area contributed by atoms with Crippen molar-refractivity contribution in [2.75, 3.05) is 6.54 Å². The summed E-state index contributed by atoms with van der Waals surface area (Å²) in [6, 6.07) is 15.2. The molecule has 1 amide bonds. The van der Waals surface area contributed by atoms with E-state index in [0.29, 0.717) is 17.5 Å². The highest BCUT2D eigenvalue weighted by atomic mass is 35.5. The van der Waals surface area contributed by atoms with E-state index in [2.05, 4.69) is 5.32 Å². The molecule has 4 atom stereocenters. The molecule has 3 N–H and O–H groups in total. The standard InChI is InChI=1S/C26H32ClNO5/c1-17-4-2-5-19(10-17)16-33-26(25(31)28-14-18-8-9-18)12-22(29)24(30)23(13-26)32-15-20-6-3-7-21(27)11-20/h2-7,10-11,18,22-24,29-30H,8-9,12-16H2,1H3,(H,28,31)/t22-,23?,24-,26+/m1/s1. The minimum atomic E-state index is -1.30. The van der Waals surface area contributed by atoms with Crippen LogP contribution in [0.15, 0.2) is 48.5 Å². The predicted octanol–water partition coefficient (Wildman–Crippen LogP) is 3.53. The molecule has 2 saturated carbocycles. The molecule has 2 aromatic rings. The summed E-state index contributed by atoms with van der Waals surface area (Å²) in [6.07, 6.45) is -0.643. The van der Waals surface area contributed by atoms with Crippen LogP contribution in [-0.2, 0) is 27.5 Å².